The van der Waals surface area contributed by atoms with E-state index in [1.54, 1.807) is 14.1 Å². The molecule has 1 aromatic rings. The highest BCUT2D eigenvalue weighted by molar-refractivity contribution is 5.84. The Bertz CT molecular complexity index is 614. The van der Waals surface area contributed by atoms with Crippen LogP contribution in [-0.4, -0.2) is 56.0 Å². The van der Waals surface area contributed by atoms with Gasteiger partial charge in [-0.25, -0.2) is 0 Å². The van der Waals surface area contributed by atoms with Gasteiger partial charge in [0.15, 0.2) is 5.96 Å². The van der Waals surface area contributed by atoms with Crippen molar-refractivity contribution in [3.8, 4) is 0 Å². The van der Waals surface area contributed by atoms with Crippen molar-refractivity contribution in [1.82, 2.24) is 20.9 Å². The topological polar surface area (TPSA) is 68.8 Å². The number of nitrogens with zero attached hydrogens (tertiary/aromatic N) is 2. The minimum Gasteiger partial charge on any atom is -0.359 e. The summed E-state index contributed by atoms with van der Waals surface area (Å²) in [5.41, 5.74) is 0.851. The van der Waals surface area contributed by atoms with Crippen molar-refractivity contribution < 1.29 is 4.79 Å². The van der Waals surface area contributed by atoms with Crippen molar-refractivity contribution in [2.75, 3.05) is 27.2 Å². The summed E-state index contributed by atoms with van der Waals surface area (Å²) in [7, 11) is 3.43. The Hall–Kier alpha value is -2.08. The molecule has 3 N–H and O–H groups in total. The Morgan fingerprint density at radius 1 is 1.31 bits per heavy atom. The van der Waals surface area contributed by atoms with E-state index in [0.29, 0.717) is 18.6 Å². The standard InChI is InChI=1S/C20H33N5O/c1-15-11-17(13-25(15)12-16-9-7-6-8-10-16)24-19(22-5)23-14-20(2,3)18(26)21-4/h6-10,15,17H,11-14H2,1-5H3,(H,21,26)(H2,22,23,24). The Morgan fingerprint density at radius 3 is 2.62 bits per heavy atom. The Labute approximate surface area is 157 Å². The summed E-state index contributed by atoms with van der Waals surface area (Å²) in [5, 5.41) is 9.51. The number of likely N-dealkylation sites (tertiary alicyclic amines) is 1. The van der Waals surface area contributed by atoms with Gasteiger partial charge in [-0.1, -0.05) is 30.3 Å². The third-order valence-corrected chi connectivity index (χ3v) is 5.04. The summed E-state index contributed by atoms with van der Waals surface area (Å²) < 4.78 is 0. The summed E-state index contributed by atoms with van der Waals surface area (Å²) in [4.78, 5) is 18.7. The smallest absolute Gasteiger partial charge is 0.227 e. The van der Waals surface area contributed by atoms with E-state index in [4.69, 9.17) is 0 Å². The lowest BCUT2D eigenvalue weighted by atomic mass is 9.92. The van der Waals surface area contributed by atoms with Crippen LogP contribution in [0.25, 0.3) is 0 Å². The molecule has 1 saturated heterocycles. The van der Waals surface area contributed by atoms with E-state index in [0.717, 1.165) is 25.5 Å². The summed E-state index contributed by atoms with van der Waals surface area (Å²) >= 11 is 0. The second-order valence-electron chi connectivity index (χ2n) is 7.73. The van der Waals surface area contributed by atoms with Crippen LogP contribution < -0.4 is 16.0 Å². The Balaban J connectivity index is 1.86. The molecule has 2 unspecified atom stereocenters. The van der Waals surface area contributed by atoms with E-state index in [1.165, 1.54) is 5.56 Å². The van der Waals surface area contributed by atoms with Crippen LogP contribution >= 0.6 is 0 Å². The SMILES string of the molecule is CN=C(NCC(C)(C)C(=O)NC)NC1CC(C)N(Cc2ccccc2)C1. The summed E-state index contributed by atoms with van der Waals surface area (Å²) in [6, 6.07) is 11.5. The third-order valence-electron chi connectivity index (χ3n) is 5.04. The minimum absolute atomic E-state index is 0.0176. The van der Waals surface area contributed by atoms with Crippen LogP contribution in [0.2, 0.25) is 0 Å². The molecule has 1 fully saturated rings. The van der Waals surface area contributed by atoms with Gasteiger partial charge in [0.2, 0.25) is 5.91 Å². The van der Waals surface area contributed by atoms with Gasteiger partial charge in [0.1, 0.15) is 0 Å². The van der Waals surface area contributed by atoms with E-state index < -0.39 is 5.41 Å². The number of hydrogen-bond donors (Lipinski definition) is 3. The van der Waals surface area contributed by atoms with Gasteiger partial charge in [-0.15, -0.1) is 0 Å². The molecule has 6 nitrogen and oxygen atoms in total. The van der Waals surface area contributed by atoms with Crippen LogP contribution in [0, 0.1) is 5.41 Å². The predicted molar refractivity (Wildman–Crippen MR) is 107 cm³/mol. The molecule has 0 bridgehead atoms. The van der Waals surface area contributed by atoms with Crippen molar-refractivity contribution in [2.45, 2.75) is 45.8 Å². The number of rotatable bonds is 6. The summed E-state index contributed by atoms with van der Waals surface area (Å²) in [5.74, 6) is 0.768. The van der Waals surface area contributed by atoms with Gasteiger partial charge < -0.3 is 16.0 Å². The molecule has 0 radical (unpaired) electrons. The van der Waals surface area contributed by atoms with Gasteiger partial charge in [-0.2, -0.15) is 0 Å². The molecule has 1 heterocycles. The fraction of sp³-hybridized carbons (Fsp3) is 0.600. The Kier molecular flexibility index (Phi) is 7.03. The highest BCUT2D eigenvalue weighted by Gasteiger charge is 2.30. The largest absolute Gasteiger partial charge is 0.359 e. The van der Waals surface area contributed by atoms with Crippen LogP contribution in [0.4, 0.5) is 0 Å². The third kappa shape index (κ3) is 5.46. The van der Waals surface area contributed by atoms with Crippen molar-refractivity contribution in [3.05, 3.63) is 35.9 Å². The van der Waals surface area contributed by atoms with Crippen LogP contribution in [0.5, 0.6) is 0 Å². The van der Waals surface area contributed by atoms with E-state index in [2.05, 4.69) is 63.1 Å². The first kappa shape index (κ1) is 20.2. The lowest BCUT2D eigenvalue weighted by Crippen LogP contribution is -2.49. The molecule has 144 valence electrons. The van der Waals surface area contributed by atoms with Crippen LogP contribution in [0.1, 0.15) is 32.8 Å². The highest BCUT2D eigenvalue weighted by atomic mass is 16.2. The molecule has 1 aromatic carbocycles. The molecule has 0 aliphatic carbocycles. The van der Waals surface area contributed by atoms with Crippen molar-refractivity contribution in [1.29, 1.82) is 0 Å². The number of benzene rings is 1. The first-order chi connectivity index (χ1) is 12.4. The zero-order valence-electron chi connectivity index (χ0n) is 16.7. The molecule has 1 aliphatic heterocycles. The molecule has 2 rings (SSSR count). The van der Waals surface area contributed by atoms with E-state index in [-0.39, 0.29) is 5.91 Å². The second-order valence-corrected chi connectivity index (χ2v) is 7.73. The molecule has 1 aliphatic rings. The number of aliphatic imine (C=N–C) groups is 1. The van der Waals surface area contributed by atoms with Gasteiger partial charge in [-0.3, -0.25) is 14.7 Å². The molecule has 2 atom stereocenters. The molecule has 0 saturated carbocycles. The summed E-state index contributed by atoms with van der Waals surface area (Å²) in [6.07, 6.45) is 1.08. The summed E-state index contributed by atoms with van der Waals surface area (Å²) in [6.45, 7) is 8.60. The number of carbonyl (C=O) groups excluding carboxylic acids is 1. The van der Waals surface area contributed by atoms with Gasteiger partial charge in [0, 0.05) is 45.8 Å². The van der Waals surface area contributed by atoms with Gasteiger partial charge in [0.25, 0.3) is 0 Å². The van der Waals surface area contributed by atoms with Gasteiger partial charge >= 0.3 is 0 Å². The lowest BCUT2D eigenvalue weighted by Gasteiger charge is -2.25. The molecular weight excluding hydrogens is 326 g/mol. The van der Waals surface area contributed by atoms with Gasteiger partial charge in [0.05, 0.1) is 5.41 Å². The quantitative estimate of drug-likeness (QED) is 0.533. The number of nitrogens with one attached hydrogen (secondary N) is 3. The van der Waals surface area contributed by atoms with Crippen molar-refractivity contribution in [2.24, 2.45) is 10.4 Å². The minimum atomic E-state index is -0.491. The average Bonchev–Trinajstić information content (AvgIpc) is 2.97. The zero-order chi connectivity index (χ0) is 19.2. The first-order valence-corrected chi connectivity index (χ1v) is 9.33. The zero-order valence-corrected chi connectivity index (χ0v) is 16.7. The van der Waals surface area contributed by atoms with Crippen molar-refractivity contribution in [3.63, 3.8) is 0 Å². The maximum atomic E-state index is 11.9. The highest BCUT2D eigenvalue weighted by Crippen LogP contribution is 2.20. The molecule has 1 amide bonds. The monoisotopic (exact) mass is 359 g/mol. The predicted octanol–water partition coefficient (Wildman–Crippen LogP) is 1.59. The maximum absolute atomic E-state index is 11.9. The maximum Gasteiger partial charge on any atom is 0.227 e. The van der Waals surface area contributed by atoms with Crippen LogP contribution in [0.15, 0.2) is 35.3 Å². The molecule has 26 heavy (non-hydrogen) atoms. The number of guanidine groups is 1. The van der Waals surface area contributed by atoms with E-state index in [1.807, 2.05) is 13.8 Å². The fourth-order valence-corrected chi connectivity index (χ4v) is 3.35. The van der Waals surface area contributed by atoms with E-state index >= 15 is 0 Å². The number of carbonyl (C=O) groups is 1. The second kappa shape index (κ2) is 9.03. The average molecular weight is 360 g/mol. The molecular formula is C20H33N5O. The molecule has 0 spiro atoms. The van der Waals surface area contributed by atoms with E-state index in [9.17, 15) is 4.79 Å². The lowest BCUT2D eigenvalue weighted by molar-refractivity contribution is -0.128. The molecule has 6 heteroatoms. The number of hydrogen-bond acceptors (Lipinski definition) is 3. The molecule has 0 aromatic heterocycles. The first-order valence-electron chi connectivity index (χ1n) is 9.33. The van der Waals surface area contributed by atoms with Gasteiger partial charge in [-0.05, 0) is 32.8 Å². The normalized spacial score (nSPS) is 21.5. The van der Waals surface area contributed by atoms with Crippen molar-refractivity contribution >= 4 is 11.9 Å². The van der Waals surface area contributed by atoms with Crippen LogP contribution in [-0.2, 0) is 11.3 Å². The Morgan fingerprint density at radius 2 is 2.00 bits per heavy atom. The fourth-order valence-electron chi connectivity index (χ4n) is 3.35. The van der Waals surface area contributed by atoms with Crippen LogP contribution in [0.3, 0.4) is 0 Å². The number of amides is 1.